The molecule has 1 aromatic carbocycles. The molecule has 9 heteroatoms. The quantitative estimate of drug-likeness (QED) is 0.443. The Labute approximate surface area is 174 Å². The van der Waals surface area contributed by atoms with E-state index in [2.05, 4.69) is 36.9 Å². The lowest BCUT2D eigenvalue weighted by atomic mass is 10.2. The number of nitrogens with zero attached hydrogens (tertiary/aromatic N) is 2. The number of amides is 2. The summed E-state index contributed by atoms with van der Waals surface area (Å²) in [6.45, 7) is 3.72. The van der Waals surface area contributed by atoms with Crippen molar-refractivity contribution in [1.29, 1.82) is 0 Å². The van der Waals surface area contributed by atoms with Gasteiger partial charge in [0.2, 0.25) is 0 Å². The Morgan fingerprint density at radius 2 is 1.75 bits per heavy atom. The molecular formula is C19H17BrN4O3S. The fourth-order valence-electron chi connectivity index (χ4n) is 2.42. The van der Waals surface area contributed by atoms with Crippen LogP contribution in [0.5, 0.6) is 0 Å². The normalized spacial score (nSPS) is 10.5. The average molecular weight is 461 g/mol. The Balaban J connectivity index is 1.67. The standard InChI is InChI=1S/C19H17BrN4O3S/c1-11-15(12(2)27-24-11)10-28-19-14(7-5-9-21-19)18(26)23-22-17(25)13-6-3-4-8-16(13)20/h3-9H,10H2,1-2H3,(H,22,25)(H,23,26). The number of hydrogen-bond donors (Lipinski definition) is 2. The second-order valence-electron chi connectivity index (χ2n) is 5.84. The Kier molecular flexibility index (Phi) is 6.48. The topological polar surface area (TPSA) is 97.1 Å². The highest BCUT2D eigenvalue weighted by Crippen LogP contribution is 2.27. The molecule has 0 atom stereocenters. The Bertz CT molecular complexity index is 1000. The number of benzene rings is 1. The zero-order valence-corrected chi connectivity index (χ0v) is 17.6. The summed E-state index contributed by atoms with van der Waals surface area (Å²) in [5.74, 6) is 0.443. The number of nitrogens with one attached hydrogen (secondary N) is 2. The van der Waals surface area contributed by atoms with Crippen molar-refractivity contribution in [2.45, 2.75) is 24.6 Å². The molecule has 0 radical (unpaired) electrons. The molecule has 0 unspecified atom stereocenters. The van der Waals surface area contributed by atoms with Crippen LogP contribution in [0.1, 0.15) is 37.7 Å². The first-order valence-electron chi connectivity index (χ1n) is 8.32. The summed E-state index contributed by atoms with van der Waals surface area (Å²) < 4.78 is 5.80. The second-order valence-corrected chi connectivity index (χ2v) is 7.65. The van der Waals surface area contributed by atoms with Crippen LogP contribution in [0.4, 0.5) is 0 Å². The molecule has 0 saturated carbocycles. The first-order valence-corrected chi connectivity index (χ1v) is 10.1. The maximum Gasteiger partial charge on any atom is 0.272 e. The number of carbonyl (C=O) groups excluding carboxylic acids is 2. The van der Waals surface area contributed by atoms with E-state index in [9.17, 15) is 9.59 Å². The van der Waals surface area contributed by atoms with E-state index in [1.807, 2.05) is 13.8 Å². The molecule has 0 aliphatic rings. The summed E-state index contributed by atoms with van der Waals surface area (Å²) >= 11 is 4.71. The van der Waals surface area contributed by atoms with E-state index in [4.69, 9.17) is 4.52 Å². The summed E-state index contributed by atoms with van der Waals surface area (Å²) in [4.78, 5) is 29.1. The molecule has 28 heavy (non-hydrogen) atoms. The van der Waals surface area contributed by atoms with Gasteiger partial charge in [0.1, 0.15) is 10.8 Å². The van der Waals surface area contributed by atoms with Crippen LogP contribution in [-0.4, -0.2) is 22.0 Å². The first-order chi connectivity index (χ1) is 13.5. The second kappa shape index (κ2) is 9.03. The van der Waals surface area contributed by atoms with Crippen molar-refractivity contribution in [3.8, 4) is 0 Å². The molecule has 0 aliphatic heterocycles. The molecule has 3 rings (SSSR count). The largest absolute Gasteiger partial charge is 0.361 e. The summed E-state index contributed by atoms with van der Waals surface area (Å²) in [7, 11) is 0. The number of aryl methyl sites for hydroxylation is 2. The molecule has 7 nitrogen and oxygen atoms in total. The molecule has 2 amide bonds. The fourth-order valence-corrected chi connectivity index (χ4v) is 4.03. The number of rotatable bonds is 5. The van der Waals surface area contributed by atoms with E-state index in [0.29, 0.717) is 26.4 Å². The summed E-state index contributed by atoms with van der Waals surface area (Å²) in [6.07, 6.45) is 1.62. The van der Waals surface area contributed by atoms with Crippen molar-refractivity contribution in [3.05, 3.63) is 75.2 Å². The van der Waals surface area contributed by atoms with Crippen molar-refractivity contribution >= 4 is 39.5 Å². The van der Waals surface area contributed by atoms with Crippen LogP contribution in [0.3, 0.4) is 0 Å². The van der Waals surface area contributed by atoms with Crippen molar-refractivity contribution in [2.75, 3.05) is 0 Å². The zero-order valence-electron chi connectivity index (χ0n) is 15.2. The molecule has 0 spiro atoms. The number of pyridine rings is 1. The Morgan fingerprint density at radius 1 is 1.07 bits per heavy atom. The lowest BCUT2D eigenvalue weighted by molar-refractivity contribution is 0.0844. The van der Waals surface area contributed by atoms with Crippen molar-refractivity contribution < 1.29 is 14.1 Å². The number of hydrogen-bond acceptors (Lipinski definition) is 6. The summed E-state index contributed by atoms with van der Waals surface area (Å²) in [5, 5.41) is 4.48. The minimum absolute atomic E-state index is 0.367. The number of halogens is 1. The molecular weight excluding hydrogens is 444 g/mol. The SMILES string of the molecule is Cc1noc(C)c1CSc1ncccc1C(=O)NNC(=O)c1ccccc1Br. The molecule has 3 aromatic rings. The van der Waals surface area contributed by atoms with E-state index in [1.54, 1.807) is 42.6 Å². The highest BCUT2D eigenvalue weighted by molar-refractivity contribution is 9.10. The van der Waals surface area contributed by atoms with Crippen molar-refractivity contribution in [2.24, 2.45) is 0 Å². The van der Waals surface area contributed by atoms with Gasteiger partial charge in [0.05, 0.1) is 16.8 Å². The molecule has 0 fully saturated rings. The van der Waals surface area contributed by atoms with Gasteiger partial charge in [0.25, 0.3) is 11.8 Å². The van der Waals surface area contributed by atoms with Crippen molar-refractivity contribution in [1.82, 2.24) is 21.0 Å². The van der Waals surface area contributed by atoms with Gasteiger partial charge >= 0.3 is 0 Å². The van der Waals surface area contributed by atoms with Gasteiger partial charge in [-0.05, 0) is 54.0 Å². The smallest absolute Gasteiger partial charge is 0.272 e. The molecule has 2 aromatic heterocycles. The van der Waals surface area contributed by atoms with E-state index in [1.165, 1.54) is 11.8 Å². The minimum Gasteiger partial charge on any atom is -0.361 e. The van der Waals surface area contributed by atoms with Gasteiger partial charge in [-0.25, -0.2) is 4.98 Å². The van der Waals surface area contributed by atoms with E-state index >= 15 is 0 Å². The molecule has 0 aliphatic carbocycles. The Hall–Kier alpha value is -2.65. The summed E-state index contributed by atoms with van der Waals surface area (Å²) in [6, 6.07) is 10.3. The van der Waals surface area contributed by atoms with Crippen LogP contribution in [0, 0.1) is 13.8 Å². The zero-order chi connectivity index (χ0) is 20.1. The third-order valence-electron chi connectivity index (χ3n) is 3.96. The molecule has 0 bridgehead atoms. The molecule has 2 heterocycles. The maximum atomic E-state index is 12.6. The highest BCUT2D eigenvalue weighted by Gasteiger charge is 2.17. The number of thioether (sulfide) groups is 1. The van der Waals surface area contributed by atoms with Gasteiger partial charge in [-0.1, -0.05) is 17.3 Å². The van der Waals surface area contributed by atoms with Gasteiger partial charge < -0.3 is 4.52 Å². The number of hydrazine groups is 1. The molecule has 2 N–H and O–H groups in total. The van der Waals surface area contributed by atoms with Gasteiger partial charge in [0, 0.05) is 22.0 Å². The molecule has 144 valence electrons. The fraction of sp³-hybridized carbons (Fsp3) is 0.158. The van der Waals surface area contributed by atoms with Crippen LogP contribution in [0.2, 0.25) is 0 Å². The van der Waals surface area contributed by atoms with Gasteiger partial charge in [0.15, 0.2) is 0 Å². The maximum absolute atomic E-state index is 12.6. The monoisotopic (exact) mass is 460 g/mol. The highest BCUT2D eigenvalue weighted by atomic mass is 79.9. The van der Waals surface area contributed by atoms with E-state index < -0.39 is 11.8 Å². The van der Waals surface area contributed by atoms with Gasteiger partial charge in [-0.15, -0.1) is 11.8 Å². The van der Waals surface area contributed by atoms with Crippen molar-refractivity contribution in [3.63, 3.8) is 0 Å². The minimum atomic E-state index is -0.449. The van der Waals surface area contributed by atoms with Crippen LogP contribution >= 0.6 is 27.7 Å². The average Bonchev–Trinajstić information content (AvgIpc) is 3.02. The Morgan fingerprint density at radius 3 is 2.43 bits per heavy atom. The lowest BCUT2D eigenvalue weighted by Gasteiger charge is -2.11. The van der Waals surface area contributed by atoms with Crippen LogP contribution in [0.15, 0.2) is 56.6 Å². The predicted octanol–water partition coefficient (Wildman–Crippen LogP) is 3.82. The van der Waals surface area contributed by atoms with E-state index in [-0.39, 0.29) is 0 Å². The van der Waals surface area contributed by atoms with E-state index in [0.717, 1.165) is 17.0 Å². The third-order valence-corrected chi connectivity index (χ3v) is 5.68. The van der Waals surface area contributed by atoms with Gasteiger partial charge in [-0.3, -0.25) is 20.4 Å². The third kappa shape index (κ3) is 4.60. The number of aromatic nitrogens is 2. The van der Waals surface area contributed by atoms with Crippen LogP contribution in [0.25, 0.3) is 0 Å². The van der Waals surface area contributed by atoms with Gasteiger partial charge in [-0.2, -0.15) is 0 Å². The molecule has 0 saturated heterocycles. The van der Waals surface area contributed by atoms with Crippen LogP contribution in [-0.2, 0) is 5.75 Å². The van der Waals surface area contributed by atoms with Crippen LogP contribution < -0.4 is 10.9 Å². The lowest BCUT2D eigenvalue weighted by Crippen LogP contribution is -2.42. The summed E-state index contributed by atoms with van der Waals surface area (Å²) in [5.41, 5.74) is 7.43. The first kappa shape index (κ1) is 20.1. The predicted molar refractivity (Wildman–Crippen MR) is 109 cm³/mol. The number of carbonyl (C=O) groups is 2.